The van der Waals surface area contributed by atoms with Crippen molar-refractivity contribution in [3.63, 3.8) is 0 Å². The molecule has 0 saturated carbocycles. The van der Waals surface area contributed by atoms with E-state index in [9.17, 15) is 4.79 Å². The molecule has 2 heterocycles. The lowest BCUT2D eigenvalue weighted by Crippen LogP contribution is -2.30. The highest BCUT2D eigenvalue weighted by Crippen LogP contribution is 2.35. The van der Waals surface area contributed by atoms with E-state index in [-0.39, 0.29) is 5.91 Å². The van der Waals surface area contributed by atoms with E-state index < -0.39 is 0 Å². The van der Waals surface area contributed by atoms with Gasteiger partial charge in [0.05, 0.1) is 19.1 Å². The SMILES string of the molecule is COc1ccc(CCN2C(=O)/C(=C/c3cn(C)c4ccccc34)SC2=S)cc1OC. The molecule has 154 valence electrons. The molecule has 0 spiro atoms. The predicted molar refractivity (Wildman–Crippen MR) is 126 cm³/mol. The van der Waals surface area contributed by atoms with Crippen LogP contribution in [0.15, 0.2) is 53.6 Å². The summed E-state index contributed by atoms with van der Waals surface area (Å²) in [6.45, 7) is 0.521. The summed E-state index contributed by atoms with van der Waals surface area (Å²) >= 11 is 6.85. The van der Waals surface area contributed by atoms with Crippen molar-refractivity contribution in [2.75, 3.05) is 20.8 Å². The molecule has 4 rings (SSSR count). The second-order valence-corrected chi connectivity index (χ2v) is 8.66. The normalized spacial score (nSPS) is 15.4. The average molecular weight is 439 g/mol. The number of benzene rings is 2. The lowest BCUT2D eigenvalue weighted by atomic mass is 10.1. The van der Waals surface area contributed by atoms with Gasteiger partial charge in [0, 0.05) is 36.3 Å². The summed E-state index contributed by atoms with van der Waals surface area (Å²) in [6, 6.07) is 13.9. The van der Waals surface area contributed by atoms with Gasteiger partial charge in [-0.05, 0) is 36.3 Å². The standard InChI is InChI=1S/C23H22N2O3S2/c1-24-14-16(17-6-4-5-7-18(17)24)13-21-22(26)25(23(29)30-21)11-10-15-8-9-19(27-2)20(12-15)28-3/h4-9,12-14H,10-11H2,1-3H3/b21-13-. The minimum absolute atomic E-state index is 0.0431. The summed E-state index contributed by atoms with van der Waals surface area (Å²) in [5, 5.41) is 1.12. The van der Waals surface area contributed by atoms with Gasteiger partial charge >= 0.3 is 0 Å². The molecule has 0 atom stereocenters. The topological polar surface area (TPSA) is 43.7 Å². The minimum atomic E-state index is -0.0431. The zero-order valence-corrected chi connectivity index (χ0v) is 18.7. The number of hydrogen-bond donors (Lipinski definition) is 0. The molecular weight excluding hydrogens is 416 g/mol. The smallest absolute Gasteiger partial charge is 0.266 e. The van der Waals surface area contributed by atoms with Gasteiger partial charge in [0.25, 0.3) is 5.91 Å². The number of amides is 1. The van der Waals surface area contributed by atoms with Gasteiger partial charge in [0.2, 0.25) is 0 Å². The highest BCUT2D eigenvalue weighted by Gasteiger charge is 2.31. The van der Waals surface area contributed by atoms with Crippen LogP contribution in [0, 0.1) is 0 Å². The molecule has 2 aromatic carbocycles. The van der Waals surface area contributed by atoms with Gasteiger partial charge < -0.3 is 14.0 Å². The van der Waals surface area contributed by atoms with Crippen LogP contribution in [-0.4, -0.2) is 40.5 Å². The van der Waals surface area contributed by atoms with Crippen molar-refractivity contribution in [1.29, 1.82) is 0 Å². The fraction of sp³-hybridized carbons (Fsp3) is 0.217. The van der Waals surface area contributed by atoms with E-state index in [4.69, 9.17) is 21.7 Å². The molecule has 1 saturated heterocycles. The Morgan fingerprint density at radius 2 is 1.87 bits per heavy atom. The van der Waals surface area contributed by atoms with Crippen LogP contribution < -0.4 is 9.47 Å². The van der Waals surface area contributed by atoms with Crippen LogP contribution in [0.4, 0.5) is 0 Å². The van der Waals surface area contributed by atoms with Gasteiger partial charge in [-0.1, -0.05) is 48.2 Å². The first-order valence-electron chi connectivity index (χ1n) is 9.52. The summed E-state index contributed by atoms with van der Waals surface area (Å²) in [7, 11) is 5.23. The van der Waals surface area contributed by atoms with E-state index in [0.29, 0.717) is 33.7 Å². The Morgan fingerprint density at radius 1 is 1.10 bits per heavy atom. The summed E-state index contributed by atoms with van der Waals surface area (Å²) in [5.74, 6) is 1.32. The fourth-order valence-corrected chi connectivity index (χ4v) is 4.90. The molecule has 3 aromatic rings. The van der Waals surface area contributed by atoms with Gasteiger partial charge in [-0.25, -0.2) is 0 Å². The first kappa shape index (κ1) is 20.5. The third-order valence-electron chi connectivity index (χ3n) is 5.16. The Hall–Kier alpha value is -2.77. The third kappa shape index (κ3) is 3.82. The molecule has 0 unspecified atom stereocenters. The van der Waals surface area contributed by atoms with Crippen molar-refractivity contribution in [1.82, 2.24) is 9.47 Å². The highest BCUT2D eigenvalue weighted by molar-refractivity contribution is 8.26. The summed E-state index contributed by atoms with van der Waals surface area (Å²) in [4.78, 5) is 15.3. The van der Waals surface area contributed by atoms with E-state index in [0.717, 1.165) is 22.0 Å². The predicted octanol–water partition coefficient (Wildman–Crippen LogP) is 4.64. The summed E-state index contributed by atoms with van der Waals surface area (Å²) in [6.07, 6.45) is 4.66. The van der Waals surface area contributed by atoms with Gasteiger partial charge in [0.15, 0.2) is 11.5 Å². The molecular formula is C23H22N2O3S2. The number of nitrogens with zero attached hydrogens (tertiary/aromatic N) is 2. The number of carbonyl (C=O) groups excluding carboxylic acids is 1. The Labute approximate surface area is 185 Å². The molecule has 1 aliphatic rings. The number of thiocarbonyl (C=S) groups is 1. The molecule has 5 nitrogen and oxygen atoms in total. The number of fused-ring (bicyclic) bond motifs is 1. The van der Waals surface area contributed by atoms with Crippen LogP contribution in [-0.2, 0) is 18.3 Å². The van der Waals surface area contributed by atoms with Crippen molar-refractivity contribution in [2.24, 2.45) is 7.05 Å². The maximum atomic E-state index is 13.0. The first-order chi connectivity index (χ1) is 14.5. The summed E-state index contributed by atoms with van der Waals surface area (Å²) in [5.41, 5.74) is 3.21. The Kier molecular flexibility index (Phi) is 5.83. The van der Waals surface area contributed by atoms with E-state index in [1.165, 1.54) is 11.8 Å². The van der Waals surface area contributed by atoms with Crippen molar-refractivity contribution < 1.29 is 14.3 Å². The molecule has 30 heavy (non-hydrogen) atoms. The fourth-order valence-electron chi connectivity index (χ4n) is 3.60. The number of methoxy groups -OCH3 is 2. The lowest BCUT2D eigenvalue weighted by molar-refractivity contribution is -0.122. The number of aryl methyl sites for hydroxylation is 1. The van der Waals surface area contributed by atoms with Crippen molar-refractivity contribution >= 4 is 51.2 Å². The Balaban J connectivity index is 1.52. The zero-order valence-electron chi connectivity index (χ0n) is 17.0. The van der Waals surface area contributed by atoms with Gasteiger partial charge in [-0.2, -0.15) is 0 Å². The Morgan fingerprint density at radius 3 is 2.63 bits per heavy atom. The van der Waals surface area contributed by atoms with E-state index in [1.54, 1.807) is 19.1 Å². The molecule has 7 heteroatoms. The zero-order chi connectivity index (χ0) is 21.3. The number of hydrogen-bond acceptors (Lipinski definition) is 5. The van der Waals surface area contributed by atoms with Crippen LogP contribution in [0.3, 0.4) is 0 Å². The van der Waals surface area contributed by atoms with Crippen LogP contribution in [0.25, 0.3) is 17.0 Å². The second kappa shape index (κ2) is 8.53. The average Bonchev–Trinajstić information content (AvgIpc) is 3.22. The quantitative estimate of drug-likeness (QED) is 0.414. The minimum Gasteiger partial charge on any atom is -0.493 e. The lowest BCUT2D eigenvalue weighted by Gasteiger charge is -2.15. The Bertz CT molecular complexity index is 1170. The van der Waals surface area contributed by atoms with Gasteiger partial charge in [0.1, 0.15) is 4.32 Å². The highest BCUT2D eigenvalue weighted by atomic mass is 32.2. The van der Waals surface area contributed by atoms with E-state index in [1.807, 2.05) is 49.7 Å². The molecule has 0 bridgehead atoms. The molecule has 1 amide bonds. The largest absolute Gasteiger partial charge is 0.493 e. The number of ether oxygens (including phenoxy) is 2. The maximum absolute atomic E-state index is 13.0. The van der Waals surface area contributed by atoms with Crippen molar-refractivity contribution in [3.8, 4) is 11.5 Å². The first-order valence-corrected chi connectivity index (χ1v) is 10.7. The molecule has 0 N–H and O–H groups in total. The van der Waals surface area contributed by atoms with Crippen LogP contribution in [0.5, 0.6) is 11.5 Å². The van der Waals surface area contributed by atoms with Crippen molar-refractivity contribution in [3.05, 3.63) is 64.7 Å². The second-order valence-electron chi connectivity index (χ2n) is 6.99. The number of aromatic nitrogens is 1. The third-order valence-corrected chi connectivity index (χ3v) is 6.54. The maximum Gasteiger partial charge on any atom is 0.266 e. The van der Waals surface area contributed by atoms with Gasteiger partial charge in [-0.3, -0.25) is 9.69 Å². The number of thioether (sulfide) groups is 1. The number of para-hydroxylation sites is 1. The van der Waals surface area contributed by atoms with Crippen LogP contribution in [0.2, 0.25) is 0 Å². The molecule has 1 fully saturated rings. The number of carbonyl (C=O) groups is 1. The molecule has 1 aromatic heterocycles. The summed E-state index contributed by atoms with van der Waals surface area (Å²) < 4.78 is 13.3. The molecule has 0 aliphatic carbocycles. The van der Waals surface area contributed by atoms with Crippen LogP contribution >= 0.6 is 24.0 Å². The van der Waals surface area contributed by atoms with E-state index >= 15 is 0 Å². The van der Waals surface area contributed by atoms with Crippen molar-refractivity contribution in [2.45, 2.75) is 6.42 Å². The number of rotatable bonds is 6. The van der Waals surface area contributed by atoms with Crippen LogP contribution in [0.1, 0.15) is 11.1 Å². The molecule has 0 radical (unpaired) electrons. The molecule has 1 aliphatic heterocycles. The van der Waals surface area contributed by atoms with E-state index in [2.05, 4.69) is 16.7 Å². The van der Waals surface area contributed by atoms with Gasteiger partial charge in [-0.15, -0.1) is 0 Å². The monoisotopic (exact) mass is 438 g/mol.